The number of amides is 1. The number of hydrogen-bond acceptors (Lipinski definition) is 4. The highest BCUT2D eigenvalue weighted by Gasteiger charge is 2.48. The van der Waals surface area contributed by atoms with Crippen LogP contribution in [0.3, 0.4) is 0 Å². The number of piperidine rings is 1. The molecule has 3 aliphatic heterocycles. The van der Waals surface area contributed by atoms with Gasteiger partial charge in [0, 0.05) is 37.0 Å². The molecule has 0 atom stereocenters. The molecule has 5 nitrogen and oxygen atoms in total. The Kier molecular flexibility index (Phi) is 4.46. The summed E-state index contributed by atoms with van der Waals surface area (Å²) >= 11 is 0. The lowest BCUT2D eigenvalue weighted by molar-refractivity contribution is -0.116. The van der Waals surface area contributed by atoms with Crippen LogP contribution in [0.2, 0.25) is 0 Å². The van der Waals surface area contributed by atoms with Crippen LogP contribution in [0.1, 0.15) is 64.4 Å². The molecule has 1 amide bonds. The molecule has 1 aromatic carbocycles. The molecule has 29 heavy (non-hydrogen) atoms. The molecule has 4 aliphatic rings. The number of likely N-dealkylation sites (tertiary alicyclic amines) is 1. The second-order valence-electron chi connectivity index (χ2n) is 9.59. The summed E-state index contributed by atoms with van der Waals surface area (Å²) in [7, 11) is 0. The van der Waals surface area contributed by atoms with Crippen molar-refractivity contribution in [2.24, 2.45) is 5.16 Å². The minimum absolute atomic E-state index is 0.0402. The molecule has 0 radical (unpaired) electrons. The van der Waals surface area contributed by atoms with Crippen LogP contribution in [0, 0.1) is 5.82 Å². The van der Waals surface area contributed by atoms with Crippen molar-refractivity contribution in [1.82, 2.24) is 4.90 Å². The van der Waals surface area contributed by atoms with Crippen molar-refractivity contribution in [3.63, 3.8) is 0 Å². The van der Waals surface area contributed by atoms with E-state index < -0.39 is 0 Å². The van der Waals surface area contributed by atoms with Gasteiger partial charge in [-0.2, -0.15) is 0 Å². The molecule has 1 saturated carbocycles. The van der Waals surface area contributed by atoms with E-state index in [0.717, 1.165) is 75.0 Å². The number of anilines is 1. The van der Waals surface area contributed by atoms with Crippen LogP contribution in [0.4, 0.5) is 10.1 Å². The Labute approximate surface area is 171 Å². The maximum Gasteiger partial charge on any atom is 0.223 e. The van der Waals surface area contributed by atoms with Crippen LogP contribution in [0.25, 0.3) is 0 Å². The zero-order valence-electron chi connectivity index (χ0n) is 17.4. The lowest BCUT2D eigenvalue weighted by Gasteiger charge is -2.46. The summed E-state index contributed by atoms with van der Waals surface area (Å²) in [5, 5.41) is 4.19. The molecule has 2 spiro atoms. The Hall–Kier alpha value is -1.95. The molecule has 2 fully saturated rings. The van der Waals surface area contributed by atoms with Gasteiger partial charge in [-0.05, 0) is 82.3 Å². The topological polar surface area (TPSA) is 45.1 Å². The van der Waals surface area contributed by atoms with E-state index >= 15 is 0 Å². The maximum atomic E-state index is 14.0. The predicted octanol–water partition coefficient (Wildman–Crippen LogP) is 4.00. The molecular weight excluding hydrogens is 369 g/mol. The molecule has 0 N–H and O–H groups in total. The monoisotopic (exact) mass is 399 g/mol. The number of benzene rings is 1. The van der Waals surface area contributed by atoms with Crippen molar-refractivity contribution in [1.29, 1.82) is 0 Å². The van der Waals surface area contributed by atoms with Gasteiger partial charge in [-0.15, -0.1) is 0 Å². The van der Waals surface area contributed by atoms with Crippen LogP contribution in [-0.2, 0) is 15.0 Å². The summed E-state index contributed by atoms with van der Waals surface area (Å²) in [6.45, 7) is 6.37. The van der Waals surface area contributed by atoms with Gasteiger partial charge >= 0.3 is 0 Å². The van der Waals surface area contributed by atoms with Crippen LogP contribution in [0.15, 0.2) is 23.4 Å². The minimum Gasteiger partial charge on any atom is -0.389 e. The number of fused-ring (bicyclic) bond motifs is 2. The van der Waals surface area contributed by atoms with Gasteiger partial charge in [-0.1, -0.05) is 5.16 Å². The van der Waals surface area contributed by atoms with Crippen molar-refractivity contribution in [2.75, 3.05) is 24.5 Å². The van der Waals surface area contributed by atoms with Crippen LogP contribution in [0.5, 0.6) is 0 Å². The van der Waals surface area contributed by atoms with E-state index in [9.17, 15) is 9.18 Å². The van der Waals surface area contributed by atoms with Gasteiger partial charge < -0.3 is 14.6 Å². The number of oxime groups is 1. The van der Waals surface area contributed by atoms with Gasteiger partial charge in [0.1, 0.15) is 11.4 Å². The van der Waals surface area contributed by atoms with Crippen molar-refractivity contribution in [3.05, 3.63) is 29.6 Å². The second kappa shape index (κ2) is 6.79. The first kappa shape index (κ1) is 19.0. The summed E-state index contributed by atoms with van der Waals surface area (Å²) in [5.41, 5.74) is 2.91. The Morgan fingerprint density at radius 2 is 1.93 bits per heavy atom. The van der Waals surface area contributed by atoms with Crippen molar-refractivity contribution < 1.29 is 14.0 Å². The van der Waals surface area contributed by atoms with Gasteiger partial charge in [0.25, 0.3) is 0 Å². The third-order valence-corrected chi connectivity index (χ3v) is 7.77. The molecule has 6 heteroatoms. The minimum atomic E-state index is -0.206. The highest BCUT2D eigenvalue weighted by atomic mass is 19.1. The Morgan fingerprint density at radius 3 is 2.55 bits per heavy atom. The molecule has 156 valence electrons. The number of halogens is 1. The summed E-state index contributed by atoms with van der Waals surface area (Å²) in [4.78, 5) is 22.4. The fourth-order valence-electron chi connectivity index (χ4n) is 6.13. The molecule has 0 unspecified atom stereocenters. The van der Waals surface area contributed by atoms with Crippen molar-refractivity contribution in [3.8, 4) is 0 Å². The van der Waals surface area contributed by atoms with E-state index in [1.165, 1.54) is 6.07 Å². The molecular formula is C23H30FN3O2. The van der Waals surface area contributed by atoms with Gasteiger partial charge in [0.05, 0.1) is 5.71 Å². The molecule has 1 aromatic rings. The van der Waals surface area contributed by atoms with E-state index in [0.29, 0.717) is 12.6 Å². The first-order valence-electron chi connectivity index (χ1n) is 10.9. The number of carbonyl (C=O) groups excluding carboxylic acids is 1. The van der Waals surface area contributed by atoms with Gasteiger partial charge in [0.15, 0.2) is 0 Å². The van der Waals surface area contributed by atoms with Crippen LogP contribution >= 0.6 is 0 Å². The van der Waals surface area contributed by atoms with E-state index in [2.05, 4.69) is 17.0 Å². The molecule has 1 saturated heterocycles. The zero-order valence-corrected chi connectivity index (χ0v) is 17.4. The SMILES string of the molecule is CC(=O)N1CC2(CCN(C3CCC4(CC3)CC(C)=NO4)CC2)c2cc(F)ccc21. The molecule has 5 rings (SSSR count). The molecule has 3 heterocycles. The second-order valence-corrected chi connectivity index (χ2v) is 9.59. The van der Waals surface area contributed by atoms with Gasteiger partial charge in [-0.3, -0.25) is 4.79 Å². The van der Waals surface area contributed by atoms with Crippen LogP contribution in [-0.4, -0.2) is 47.8 Å². The lowest BCUT2D eigenvalue weighted by Crippen LogP contribution is -2.51. The van der Waals surface area contributed by atoms with Gasteiger partial charge in [-0.25, -0.2) is 4.39 Å². The quantitative estimate of drug-likeness (QED) is 0.717. The summed E-state index contributed by atoms with van der Waals surface area (Å²) in [5.74, 6) is -0.161. The van der Waals surface area contributed by atoms with Gasteiger partial charge in [0.2, 0.25) is 5.91 Å². The Morgan fingerprint density at radius 1 is 1.21 bits per heavy atom. The molecule has 0 bridgehead atoms. The summed E-state index contributed by atoms with van der Waals surface area (Å²) in [6.07, 6.45) is 7.40. The van der Waals surface area contributed by atoms with Crippen molar-refractivity contribution >= 4 is 17.3 Å². The lowest BCUT2D eigenvalue weighted by atomic mass is 9.73. The smallest absolute Gasteiger partial charge is 0.223 e. The third kappa shape index (κ3) is 3.16. The number of nitrogens with zero attached hydrogens (tertiary/aromatic N) is 3. The van der Waals surface area contributed by atoms with E-state index in [4.69, 9.17) is 4.84 Å². The fraction of sp³-hybridized carbons (Fsp3) is 0.652. The van der Waals surface area contributed by atoms with E-state index in [1.54, 1.807) is 19.1 Å². The first-order chi connectivity index (χ1) is 13.9. The van der Waals surface area contributed by atoms with Crippen LogP contribution < -0.4 is 4.90 Å². The third-order valence-electron chi connectivity index (χ3n) is 7.77. The fourth-order valence-corrected chi connectivity index (χ4v) is 6.13. The first-order valence-corrected chi connectivity index (χ1v) is 10.9. The number of hydrogen-bond donors (Lipinski definition) is 0. The largest absolute Gasteiger partial charge is 0.389 e. The normalized spacial score (nSPS) is 31.1. The number of rotatable bonds is 1. The maximum absolute atomic E-state index is 14.0. The average molecular weight is 400 g/mol. The molecule has 1 aliphatic carbocycles. The van der Waals surface area contributed by atoms with Crippen molar-refractivity contribution in [2.45, 2.75) is 75.9 Å². The van der Waals surface area contributed by atoms with E-state index in [1.807, 2.05) is 4.90 Å². The highest BCUT2D eigenvalue weighted by Crippen LogP contribution is 2.48. The average Bonchev–Trinajstić information content (AvgIpc) is 3.22. The Bertz CT molecular complexity index is 852. The van der Waals surface area contributed by atoms with E-state index in [-0.39, 0.29) is 22.7 Å². The summed E-state index contributed by atoms with van der Waals surface area (Å²) < 4.78 is 14.0. The standard InChI is InChI=1S/C23H30FN3O2/c1-16-14-23(29-25-16)7-5-19(6-8-23)26-11-9-22(10-12-26)15-27(17(2)28)21-4-3-18(24)13-20(21)22/h3-4,13,19H,5-12,14-15H2,1-2H3. The highest BCUT2D eigenvalue weighted by molar-refractivity contribution is 5.94. The summed E-state index contributed by atoms with van der Waals surface area (Å²) in [6, 6.07) is 5.51. The molecule has 0 aromatic heterocycles. The predicted molar refractivity (Wildman–Crippen MR) is 111 cm³/mol. The number of carbonyl (C=O) groups is 1. The zero-order chi connectivity index (χ0) is 20.2. The Balaban J connectivity index is 1.27.